The molecule has 1 aliphatic heterocycles. The molecule has 1 aliphatic rings. The predicted molar refractivity (Wildman–Crippen MR) is 68.9 cm³/mol. The highest BCUT2D eigenvalue weighted by atomic mass is 19.1. The fraction of sp³-hybridized carbons (Fsp3) is 0.462. The number of amides is 1. The molecule has 0 aromatic heterocycles. The number of piperazine rings is 1. The minimum Gasteiger partial charge on any atom is -0.323 e. The van der Waals surface area contributed by atoms with E-state index in [-0.39, 0.29) is 24.1 Å². The predicted octanol–water partition coefficient (Wildman–Crippen LogP) is 1.20. The summed E-state index contributed by atoms with van der Waals surface area (Å²) >= 11 is 0. The molecule has 0 saturated carbocycles. The Kier molecular flexibility index (Phi) is 4.44. The minimum atomic E-state index is -0.636. The average molecular weight is 269 g/mol. The van der Waals surface area contributed by atoms with E-state index in [1.54, 1.807) is 0 Å². The summed E-state index contributed by atoms with van der Waals surface area (Å²) in [6.07, 6.45) is 0.236. The van der Waals surface area contributed by atoms with Gasteiger partial charge in [0.05, 0.1) is 5.69 Å². The maximum Gasteiger partial charge on any atom is 0.226 e. The molecule has 1 aromatic rings. The number of hydrogen-bond acceptors (Lipinski definition) is 3. The monoisotopic (exact) mass is 269 g/mol. The third-order valence-electron chi connectivity index (χ3n) is 3.09. The van der Waals surface area contributed by atoms with Gasteiger partial charge >= 0.3 is 0 Å². The molecule has 2 rings (SSSR count). The second kappa shape index (κ2) is 6.08. The molecule has 2 N–H and O–H groups in total. The van der Waals surface area contributed by atoms with Gasteiger partial charge in [-0.25, -0.2) is 8.78 Å². The zero-order valence-electron chi connectivity index (χ0n) is 10.7. The number of carbonyl (C=O) groups is 1. The number of nitrogens with one attached hydrogen (secondary N) is 2. The molecule has 104 valence electrons. The van der Waals surface area contributed by atoms with Crippen LogP contribution in [0.3, 0.4) is 0 Å². The van der Waals surface area contributed by atoms with Crippen molar-refractivity contribution < 1.29 is 13.6 Å². The number of anilines is 1. The Morgan fingerprint density at radius 1 is 1.53 bits per heavy atom. The van der Waals surface area contributed by atoms with Crippen LogP contribution in [-0.4, -0.2) is 43.5 Å². The molecule has 1 fully saturated rings. The number of carbonyl (C=O) groups excluding carboxylic acids is 1. The van der Waals surface area contributed by atoms with Crippen LogP contribution in [0.2, 0.25) is 0 Å². The minimum absolute atomic E-state index is 0.0374. The molecule has 19 heavy (non-hydrogen) atoms. The highest BCUT2D eigenvalue weighted by molar-refractivity contribution is 5.91. The van der Waals surface area contributed by atoms with Crippen molar-refractivity contribution in [1.29, 1.82) is 0 Å². The fourth-order valence-electron chi connectivity index (χ4n) is 2.15. The first-order valence-corrected chi connectivity index (χ1v) is 6.21. The molecule has 1 heterocycles. The molecule has 4 nitrogen and oxygen atoms in total. The molecule has 0 bridgehead atoms. The summed E-state index contributed by atoms with van der Waals surface area (Å²) in [7, 11) is 1.98. The van der Waals surface area contributed by atoms with E-state index >= 15 is 0 Å². The van der Waals surface area contributed by atoms with Crippen molar-refractivity contribution in [2.45, 2.75) is 12.5 Å². The van der Waals surface area contributed by atoms with E-state index < -0.39 is 11.6 Å². The van der Waals surface area contributed by atoms with E-state index in [0.717, 1.165) is 37.8 Å². The number of halogens is 2. The molecule has 0 radical (unpaired) electrons. The van der Waals surface area contributed by atoms with Gasteiger partial charge in [-0.05, 0) is 19.2 Å². The van der Waals surface area contributed by atoms with Gasteiger partial charge in [-0.3, -0.25) is 4.79 Å². The van der Waals surface area contributed by atoms with Crippen LogP contribution in [-0.2, 0) is 4.79 Å². The topological polar surface area (TPSA) is 44.4 Å². The lowest BCUT2D eigenvalue weighted by Crippen LogP contribution is -2.50. The molecule has 1 unspecified atom stereocenters. The van der Waals surface area contributed by atoms with Crippen molar-refractivity contribution in [3.63, 3.8) is 0 Å². The van der Waals surface area contributed by atoms with Gasteiger partial charge < -0.3 is 15.5 Å². The van der Waals surface area contributed by atoms with Crippen LogP contribution >= 0.6 is 0 Å². The van der Waals surface area contributed by atoms with E-state index in [2.05, 4.69) is 15.5 Å². The zero-order chi connectivity index (χ0) is 13.8. The Morgan fingerprint density at radius 2 is 2.32 bits per heavy atom. The number of benzene rings is 1. The summed E-state index contributed by atoms with van der Waals surface area (Å²) < 4.78 is 26.3. The Bertz CT molecular complexity index is 467. The SMILES string of the molecule is CN1CCNC(CC(=O)Nc2cc(F)ccc2F)C1. The smallest absolute Gasteiger partial charge is 0.226 e. The van der Waals surface area contributed by atoms with Crippen molar-refractivity contribution in [3.8, 4) is 0 Å². The summed E-state index contributed by atoms with van der Waals surface area (Å²) in [5.74, 6) is -1.53. The van der Waals surface area contributed by atoms with Gasteiger partial charge in [0, 0.05) is 38.2 Å². The molecular formula is C13H17F2N3O. The Labute approximate surface area is 110 Å². The maximum absolute atomic E-state index is 13.4. The summed E-state index contributed by atoms with van der Waals surface area (Å²) in [6, 6.07) is 3.03. The molecule has 1 amide bonds. The number of likely N-dealkylation sites (N-methyl/N-ethyl adjacent to an activating group) is 1. The van der Waals surface area contributed by atoms with Crippen LogP contribution in [0.1, 0.15) is 6.42 Å². The summed E-state index contributed by atoms with van der Waals surface area (Å²) in [5, 5.41) is 5.62. The van der Waals surface area contributed by atoms with Crippen LogP contribution < -0.4 is 10.6 Å². The lowest BCUT2D eigenvalue weighted by atomic mass is 10.1. The van der Waals surface area contributed by atoms with Gasteiger partial charge in [-0.15, -0.1) is 0 Å². The highest BCUT2D eigenvalue weighted by Crippen LogP contribution is 2.15. The number of hydrogen-bond donors (Lipinski definition) is 2. The number of nitrogens with zero attached hydrogens (tertiary/aromatic N) is 1. The van der Waals surface area contributed by atoms with E-state index in [1.165, 1.54) is 0 Å². The van der Waals surface area contributed by atoms with Crippen LogP contribution in [0.5, 0.6) is 0 Å². The van der Waals surface area contributed by atoms with E-state index in [4.69, 9.17) is 0 Å². The quantitative estimate of drug-likeness (QED) is 0.866. The first kappa shape index (κ1) is 13.9. The number of rotatable bonds is 3. The van der Waals surface area contributed by atoms with Crippen molar-refractivity contribution >= 4 is 11.6 Å². The molecule has 1 saturated heterocycles. The molecule has 6 heteroatoms. The molecule has 0 spiro atoms. The third-order valence-corrected chi connectivity index (χ3v) is 3.09. The normalized spacial score (nSPS) is 20.3. The van der Waals surface area contributed by atoms with Crippen LogP contribution in [0.15, 0.2) is 18.2 Å². The van der Waals surface area contributed by atoms with Crippen molar-refractivity contribution in [3.05, 3.63) is 29.8 Å². The molecular weight excluding hydrogens is 252 g/mol. The van der Waals surface area contributed by atoms with Gasteiger partial charge in [0.1, 0.15) is 11.6 Å². The highest BCUT2D eigenvalue weighted by Gasteiger charge is 2.19. The lowest BCUT2D eigenvalue weighted by molar-refractivity contribution is -0.116. The van der Waals surface area contributed by atoms with Crippen molar-refractivity contribution in [2.75, 3.05) is 32.0 Å². The summed E-state index contributed by atoms with van der Waals surface area (Å²) in [4.78, 5) is 13.9. The van der Waals surface area contributed by atoms with Gasteiger partial charge in [-0.1, -0.05) is 0 Å². The standard InChI is InChI=1S/C13H17F2N3O/c1-18-5-4-16-10(8-18)7-13(19)17-12-6-9(14)2-3-11(12)15/h2-3,6,10,16H,4-5,7-8H2,1H3,(H,17,19). The second-order valence-corrected chi connectivity index (χ2v) is 4.79. The first-order chi connectivity index (χ1) is 9.04. The average Bonchev–Trinajstić information content (AvgIpc) is 2.34. The Balaban J connectivity index is 1.92. The van der Waals surface area contributed by atoms with Gasteiger partial charge in [0.15, 0.2) is 0 Å². The fourth-order valence-corrected chi connectivity index (χ4v) is 2.15. The van der Waals surface area contributed by atoms with Gasteiger partial charge in [0.2, 0.25) is 5.91 Å². The van der Waals surface area contributed by atoms with E-state index in [1.807, 2.05) is 7.05 Å². The Morgan fingerprint density at radius 3 is 3.05 bits per heavy atom. The van der Waals surface area contributed by atoms with Crippen molar-refractivity contribution in [1.82, 2.24) is 10.2 Å². The van der Waals surface area contributed by atoms with Crippen molar-refractivity contribution in [2.24, 2.45) is 0 Å². The van der Waals surface area contributed by atoms with Crippen LogP contribution in [0.4, 0.5) is 14.5 Å². The van der Waals surface area contributed by atoms with Crippen LogP contribution in [0, 0.1) is 11.6 Å². The summed E-state index contributed by atoms with van der Waals surface area (Å²) in [5.41, 5.74) is -0.117. The van der Waals surface area contributed by atoms with Crippen LogP contribution in [0.25, 0.3) is 0 Å². The Hall–Kier alpha value is -1.53. The van der Waals surface area contributed by atoms with E-state index in [0.29, 0.717) is 0 Å². The lowest BCUT2D eigenvalue weighted by Gasteiger charge is -2.30. The summed E-state index contributed by atoms with van der Waals surface area (Å²) in [6.45, 7) is 2.53. The van der Waals surface area contributed by atoms with Gasteiger partial charge in [-0.2, -0.15) is 0 Å². The first-order valence-electron chi connectivity index (χ1n) is 6.21. The zero-order valence-corrected chi connectivity index (χ0v) is 10.7. The molecule has 1 aromatic carbocycles. The largest absolute Gasteiger partial charge is 0.323 e. The van der Waals surface area contributed by atoms with Gasteiger partial charge in [0.25, 0.3) is 0 Å². The molecule has 0 aliphatic carbocycles. The maximum atomic E-state index is 13.4. The van der Waals surface area contributed by atoms with E-state index in [9.17, 15) is 13.6 Å². The second-order valence-electron chi connectivity index (χ2n) is 4.79. The third kappa shape index (κ3) is 3.97. The molecule has 1 atom stereocenters.